The summed E-state index contributed by atoms with van der Waals surface area (Å²) in [6.45, 7) is 5.04. The minimum Gasteiger partial charge on any atom is -0.381 e. The van der Waals surface area contributed by atoms with E-state index in [-0.39, 0.29) is 16.7 Å². The molecule has 1 saturated heterocycles. The van der Waals surface area contributed by atoms with Crippen molar-refractivity contribution in [3.8, 4) is 0 Å². The summed E-state index contributed by atoms with van der Waals surface area (Å²) in [6, 6.07) is 17.3. The number of benzene rings is 2. The van der Waals surface area contributed by atoms with E-state index in [2.05, 4.69) is 41.8 Å². The number of aryl methyl sites for hydroxylation is 1. The third kappa shape index (κ3) is 7.15. The normalized spacial score (nSPS) is 17.5. The Hall–Kier alpha value is -2.93. The van der Waals surface area contributed by atoms with Crippen molar-refractivity contribution in [2.75, 3.05) is 19.8 Å². The van der Waals surface area contributed by atoms with Crippen LogP contribution >= 0.6 is 0 Å². The van der Waals surface area contributed by atoms with E-state index in [1.807, 2.05) is 6.07 Å². The smallest absolute Gasteiger partial charge is 0.269 e. The van der Waals surface area contributed by atoms with E-state index in [9.17, 15) is 10.1 Å². The van der Waals surface area contributed by atoms with Crippen molar-refractivity contribution in [2.24, 2.45) is 10.9 Å². The molecule has 0 aliphatic carbocycles. The van der Waals surface area contributed by atoms with Gasteiger partial charge < -0.3 is 15.4 Å². The van der Waals surface area contributed by atoms with Crippen LogP contribution < -0.4 is 10.6 Å². The van der Waals surface area contributed by atoms with Gasteiger partial charge in [-0.05, 0) is 37.3 Å². The maximum absolute atomic E-state index is 10.8. The highest BCUT2D eigenvalue weighted by atomic mass is 16.6. The highest BCUT2D eigenvalue weighted by Crippen LogP contribution is 2.13. The van der Waals surface area contributed by atoms with Crippen molar-refractivity contribution in [3.05, 3.63) is 75.8 Å². The lowest BCUT2D eigenvalue weighted by Gasteiger charge is -2.20. The maximum atomic E-state index is 10.8. The van der Waals surface area contributed by atoms with Crippen LogP contribution in [0.2, 0.25) is 0 Å². The molecule has 7 heteroatoms. The van der Waals surface area contributed by atoms with Crippen molar-refractivity contribution in [3.63, 3.8) is 0 Å². The number of ether oxygens (including phenoxy) is 1. The quantitative estimate of drug-likeness (QED) is 0.285. The number of nitro benzene ring substituents is 1. The zero-order chi connectivity index (χ0) is 21.2. The summed E-state index contributed by atoms with van der Waals surface area (Å²) in [7, 11) is 0. The van der Waals surface area contributed by atoms with Crippen molar-refractivity contribution in [1.82, 2.24) is 10.6 Å². The van der Waals surface area contributed by atoms with Gasteiger partial charge in [-0.3, -0.25) is 10.1 Å². The molecule has 0 amide bonds. The molecule has 2 atom stereocenters. The summed E-state index contributed by atoms with van der Waals surface area (Å²) in [4.78, 5) is 15.1. The number of nitrogens with one attached hydrogen (secondary N) is 2. The average Bonchev–Trinajstić information content (AvgIpc) is 3.29. The van der Waals surface area contributed by atoms with E-state index in [0.717, 1.165) is 50.5 Å². The number of hydrogen-bond donors (Lipinski definition) is 2. The number of guanidine groups is 1. The highest BCUT2D eigenvalue weighted by molar-refractivity contribution is 5.80. The Labute approximate surface area is 177 Å². The molecule has 1 aliphatic rings. The Morgan fingerprint density at radius 1 is 1.20 bits per heavy atom. The zero-order valence-electron chi connectivity index (χ0n) is 17.4. The van der Waals surface area contributed by atoms with Crippen molar-refractivity contribution < 1.29 is 9.66 Å². The van der Waals surface area contributed by atoms with Gasteiger partial charge in [-0.25, -0.2) is 4.99 Å². The van der Waals surface area contributed by atoms with Crippen LogP contribution in [-0.2, 0) is 17.7 Å². The maximum Gasteiger partial charge on any atom is 0.269 e. The third-order valence-electron chi connectivity index (χ3n) is 5.24. The van der Waals surface area contributed by atoms with Gasteiger partial charge in [0.2, 0.25) is 0 Å². The second kappa shape index (κ2) is 11.3. The molecule has 0 radical (unpaired) electrons. The fraction of sp³-hybridized carbons (Fsp3) is 0.435. The first-order valence-corrected chi connectivity index (χ1v) is 10.5. The molecule has 2 aromatic carbocycles. The van der Waals surface area contributed by atoms with Gasteiger partial charge in [-0.15, -0.1) is 0 Å². The first kappa shape index (κ1) is 21.8. The minimum atomic E-state index is -0.389. The summed E-state index contributed by atoms with van der Waals surface area (Å²) < 4.78 is 5.46. The fourth-order valence-corrected chi connectivity index (χ4v) is 3.36. The first-order chi connectivity index (χ1) is 14.6. The van der Waals surface area contributed by atoms with Gasteiger partial charge in [0.05, 0.1) is 18.1 Å². The van der Waals surface area contributed by atoms with Gasteiger partial charge in [0, 0.05) is 37.2 Å². The van der Waals surface area contributed by atoms with Crippen LogP contribution in [0.5, 0.6) is 0 Å². The third-order valence-corrected chi connectivity index (χ3v) is 5.24. The SMILES string of the molecule is CC(CCc1ccccc1)NC(=NCc1ccc([N+](=O)[O-])cc1)NCC1CCOC1. The van der Waals surface area contributed by atoms with Gasteiger partial charge in [0.25, 0.3) is 5.69 Å². The summed E-state index contributed by atoms with van der Waals surface area (Å²) in [5.41, 5.74) is 2.35. The Balaban J connectivity index is 1.57. The predicted molar refractivity (Wildman–Crippen MR) is 119 cm³/mol. The number of nitrogens with zero attached hydrogens (tertiary/aromatic N) is 2. The summed E-state index contributed by atoms with van der Waals surface area (Å²) in [5, 5.41) is 17.8. The molecule has 1 heterocycles. The van der Waals surface area contributed by atoms with Crippen molar-refractivity contribution in [2.45, 2.75) is 38.8 Å². The number of nitro groups is 1. The Morgan fingerprint density at radius 2 is 1.97 bits per heavy atom. The molecule has 0 saturated carbocycles. The number of rotatable bonds is 9. The monoisotopic (exact) mass is 410 g/mol. The van der Waals surface area contributed by atoms with Gasteiger partial charge in [-0.1, -0.05) is 42.5 Å². The van der Waals surface area contributed by atoms with E-state index in [1.165, 1.54) is 17.7 Å². The van der Waals surface area contributed by atoms with E-state index < -0.39 is 0 Å². The Morgan fingerprint density at radius 3 is 2.63 bits per heavy atom. The molecule has 2 aromatic rings. The Kier molecular flexibility index (Phi) is 8.20. The van der Waals surface area contributed by atoms with Crippen molar-refractivity contribution >= 4 is 11.6 Å². The van der Waals surface area contributed by atoms with Crippen LogP contribution in [0.3, 0.4) is 0 Å². The topological polar surface area (TPSA) is 88.8 Å². The van der Waals surface area contributed by atoms with E-state index in [0.29, 0.717) is 12.5 Å². The molecule has 0 spiro atoms. The average molecular weight is 411 g/mol. The highest BCUT2D eigenvalue weighted by Gasteiger charge is 2.16. The molecular weight excluding hydrogens is 380 g/mol. The van der Waals surface area contributed by atoms with Crippen LogP contribution in [0.1, 0.15) is 30.9 Å². The van der Waals surface area contributed by atoms with Gasteiger partial charge in [-0.2, -0.15) is 0 Å². The van der Waals surface area contributed by atoms with E-state index >= 15 is 0 Å². The first-order valence-electron chi connectivity index (χ1n) is 10.5. The zero-order valence-corrected chi connectivity index (χ0v) is 17.4. The summed E-state index contributed by atoms with van der Waals surface area (Å²) >= 11 is 0. The molecule has 160 valence electrons. The van der Waals surface area contributed by atoms with Crippen LogP contribution in [0.25, 0.3) is 0 Å². The van der Waals surface area contributed by atoms with Gasteiger partial charge in [0.15, 0.2) is 5.96 Å². The number of non-ortho nitro benzene ring substituents is 1. The van der Waals surface area contributed by atoms with Gasteiger partial charge >= 0.3 is 0 Å². The molecule has 30 heavy (non-hydrogen) atoms. The molecular formula is C23H30N4O3. The van der Waals surface area contributed by atoms with Crippen LogP contribution in [-0.4, -0.2) is 36.7 Å². The summed E-state index contributed by atoms with van der Waals surface area (Å²) in [6.07, 6.45) is 3.06. The molecule has 2 unspecified atom stereocenters. The van der Waals surface area contributed by atoms with Crippen LogP contribution in [0.4, 0.5) is 5.69 Å². The number of hydrogen-bond acceptors (Lipinski definition) is 4. The largest absolute Gasteiger partial charge is 0.381 e. The minimum absolute atomic E-state index is 0.0926. The molecule has 0 bridgehead atoms. The summed E-state index contributed by atoms with van der Waals surface area (Å²) in [5.74, 6) is 1.26. The molecule has 1 aliphatic heterocycles. The van der Waals surface area contributed by atoms with Crippen LogP contribution in [0.15, 0.2) is 59.6 Å². The second-order valence-electron chi connectivity index (χ2n) is 7.77. The molecule has 1 fully saturated rings. The Bertz CT molecular complexity index is 818. The van der Waals surface area contributed by atoms with E-state index in [4.69, 9.17) is 9.73 Å². The second-order valence-corrected chi connectivity index (χ2v) is 7.77. The standard InChI is InChI=1S/C23H30N4O3/c1-18(7-8-19-5-3-2-4-6-19)26-23(25-16-21-13-14-30-17-21)24-15-20-9-11-22(12-10-20)27(28)29/h2-6,9-12,18,21H,7-8,13-17H2,1H3,(H2,24,25,26). The van der Waals surface area contributed by atoms with E-state index in [1.54, 1.807) is 12.1 Å². The molecule has 2 N–H and O–H groups in total. The lowest BCUT2D eigenvalue weighted by molar-refractivity contribution is -0.384. The fourth-order valence-electron chi connectivity index (χ4n) is 3.36. The lowest BCUT2D eigenvalue weighted by atomic mass is 10.1. The van der Waals surface area contributed by atoms with Crippen molar-refractivity contribution in [1.29, 1.82) is 0 Å². The molecule has 0 aromatic heterocycles. The predicted octanol–water partition coefficient (Wildman–Crippen LogP) is 3.69. The molecule has 3 rings (SSSR count). The van der Waals surface area contributed by atoms with Gasteiger partial charge in [0.1, 0.15) is 0 Å². The number of aliphatic imine (C=N–C) groups is 1. The lowest BCUT2D eigenvalue weighted by Crippen LogP contribution is -2.44. The molecule has 7 nitrogen and oxygen atoms in total. The van der Waals surface area contributed by atoms with Crippen LogP contribution in [0, 0.1) is 16.0 Å².